The van der Waals surface area contributed by atoms with Gasteiger partial charge in [-0.05, 0) is 13.0 Å². The van der Waals surface area contributed by atoms with E-state index in [9.17, 15) is 13.6 Å². The fraction of sp³-hybridized carbons (Fsp3) is 0.118. The van der Waals surface area contributed by atoms with Crippen molar-refractivity contribution in [2.45, 2.75) is 13.3 Å². The topological polar surface area (TPSA) is 93.8 Å². The van der Waals surface area contributed by atoms with Crippen LogP contribution in [0.4, 0.5) is 13.9 Å². The molecule has 136 valence electrons. The number of halogens is 2. The van der Waals surface area contributed by atoms with Crippen LogP contribution in [0.5, 0.6) is 0 Å². The maximum absolute atomic E-state index is 12.8. The third-order valence-electron chi connectivity index (χ3n) is 3.78. The summed E-state index contributed by atoms with van der Waals surface area (Å²) in [5, 5.41) is 13.3. The molecule has 0 aliphatic carbocycles. The molecule has 0 spiro atoms. The maximum Gasteiger partial charge on any atom is 0.291 e. The Morgan fingerprint density at radius 1 is 1.22 bits per heavy atom. The highest BCUT2D eigenvalue weighted by molar-refractivity contribution is 7.15. The van der Waals surface area contributed by atoms with Crippen molar-refractivity contribution in [3.8, 4) is 11.3 Å². The third-order valence-corrected chi connectivity index (χ3v) is 4.63. The standard InChI is InChI=1S/C17H11F2N5O2S/c1-8-12-10(14(25)21-17-23-22-16(27-17)13(18)19)7-11(20-15(12)26-24-8)9-5-3-2-4-6-9/h2-7,13H,1H3,(H,21,23,25). The number of pyridine rings is 1. The van der Waals surface area contributed by atoms with E-state index in [-0.39, 0.29) is 16.4 Å². The minimum absolute atomic E-state index is 0.0179. The molecule has 0 fully saturated rings. The van der Waals surface area contributed by atoms with Crippen LogP contribution >= 0.6 is 11.3 Å². The summed E-state index contributed by atoms with van der Waals surface area (Å²) in [5.74, 6) is -0.539. The van der Waals surface area contributed by atoms with Crippen LogP contribution in [0.3, 0.4) is 0 Å². The molecule has 3 aromatic heterocycles. The van der Waals surface area contributed by atoms with Gasteiger partial charge in [-0.1, -0.05) is 46.8 Å². The van der Waals surface area contributed by atoms with Gasteiger partial charge in [-0.3, -0.25) is 10.1 Å². The maximum atomic E-state index is 12.8. The van der Waals surface area contributed by atoms with Gasteiger partial charge in [-0.2, -0.15) is 0 Å². The van der Waals surface area contributed by atoms with Crippen molar-refractivity contribution in [2.24, 2.45) is 0 Å². The zero-order valence-electron chi connectivity index (χ0n) is 13.8. The highest BCUT2D eigenvalue weighted by Crippen LogP contribution is 2.29. The monoisotopic (exact) mass is 387 g/mol. The Kier molecular flexibility index (Phi) is 4.32. The molecule has 0 aliphatic heterocycles. The molecule has 27 heavy (non-hydrogen) atoms. The van der Waals surface area contributed by atoms with Gasteiger partial charge in [-0.25, -0.2) is 13.8 Å². The van der Waals surface area contributed by atoms with Crippen molar-refractivity contribution in [1.29, 1.82) is 0 Å². The van der Waals surface area contributed by atoms with Gasteiger partial charge in [-0.15, -0.1) is 10.2 Å². The third kappa shape index (κ3) is 3.26. The summed E-state index contributed by atoms with van der Waals surface area (Å²) in [6.45, 7) is 1.69. The lowest BCUT2D eigenvalue weighted by atomic mass is 10.1. The number of nitrogens with zero attached hydrogens (tertiary/aromatic N) is 4. The van der Waals surface area contributed by atoms with E-state index in [0.717, 1.165) is 5.56 Å². The number of aryl methyl sites for hydroxylation is 1. The lowest BCUT2D eigenvalue weighted by Crippen LogP contribution is -2.13. The number of hydrogen-bond donors (Lipinski definition) is 1. The molecule has 0 radical (unpaired) electrons. The number of aromatic nitrogens is 4. The van der Waals surface area contributed by atoms with E-state index in [1.165, 1.54) is 0 Å². The lowest BCUT2D eigenvalue weighted by Gasteiger charge is -2.06. The SMILES string of the molecule is Cc1noc2nc(-c3ccccc3)cc(C(=O)Nc3nnc(C(F)F)s3)c12. The summed E-state index contributed by atoms with van der Waals surface area (Å²) in [6, 6.07) is 10.9. The van der Waals surface area contributed by atoms with Crippen molar-refractivity contribution in [2.75, 3.05) is 5.32 Å². The highest BCUT2D eigenvalue weighted by atomic mass is 32.1. The first-order valence-electron chi connectivity index (χ1n) is 7.78. The Balaban J connectivity index is 1.76. The minimum atomic E-state index is -2.74. The average Bonchev–Trinajstić information content (AvgIpc) is 3.29. The fourth-order valence-corrected chi connectivity index (χ4v) is 3.16. The van der Waals surface area contributed by atoms with Crippen molar-refractivity contribution >= 4 is 33.5 Å². The molecule has 7 nitrogen and oxygen atoms in total. The van der Waals surface area contributed by atoms with E-state index < -0.39 is 17.3 Å². The Morgan fingerprint density at radius 3 is 2.70 bits per heavy atom. The molecule has 10 heteroatoms. The van der Waals surface area contributed by atoms with E-state index in [0.29, 0.717) is 28.1 Å². The van der Waals surface area contributed by atoms with E-state index in [2.05, 4.69) is 25.7 Å². The van der Waals surface area contributed by atoms with Crippen LogP contribution in [-0.2, 0) is 0 Å². The molecule has 0 atom stereocenters. The predicted octanol–water partition coefficient (Wildman–Crippen LogP) is 4.24. The van der Waals surface area contributed by atoms with Crippen LogP contribution in [0.15, 0.2) is 40.9 Å². The minimum Gasteiger partial charge on any atom is -0.335 e. The number of carbonyl (C=O) groups excluding carboxylic acids is 1. The Bertz CT molecular complexity index is 1130. The number of nitrogens with one attached hydrogen (secondary N) is 1. The second kappa shape index (κ2) is 6.80. The van der Waals surface area contributed by atoms with Crippen molar-refractivity contribution in [3.63, 3.8) is 0 Å². The van der Waals surface area contributed by atoms with Crippen LogP contribution in [0, 0.1) is 6.92 Å². The largest absolute Gasteiger partial charge is 0.335 e. The molecule has 1 aromatic carbocycles. The van der Waals surface area contributed by atoms with Crippen LogP contribution in [-0.4, -0.2) is 26.2 Å². The van der Waals surface area contributed by atoms with Crippen molar-refractivity contribution in [3.05, 3.63) is 52.7 Å². The molecular formula is C17H11F2N5O2S. The number of alkyl halides is 2. The Labute approximate surface area is 155 Å². The second-order valence-electron chi connectivity index (χ2n) is 5.57. The summed E-state index contributed by atoms with van der Waals surface area (Å²) in [4.78, 5) is 17.2. The summed E-state index contributed by atoms with van der Waals surface area (Å²) < 4.78 is 30.6. The van der Waals surface area contributed by atoms with E-state index in [1.54, 1.807) is 13.0 Å². The molecule has 1 amide bonds. The number of hydrogen-bond acceptors (Lipinski definition) is 7. The van der Waals surface area contributed by atoms with Crippen LogP contribution in [0.1, 0.15) is 27.5 Å². The molecule has 0 unspecified atom stereocenters. The van der Waals surface area contributed by atoms with Crippen LogP contribution < -0.4 is 5.32 Å². The molecule has 0 aliphatic rings. The van der Waals surface area contributed by atoms with Gasteiger partial charge in [0.2, 0.25) is 5.13 Å². The molecule has 0 saturated carbocycles. The zero-order valence-corrected chi connectivity index (χ0v) is 14.6. The molecule has 3 heterocycles. The quantitative estimate of drug-likeness (QED) is 0.563. The number of anilines is 1. The zero-order chi connectivity index (χ0) is 19.0. The average molecular weight is 387 g/mol. The molecule has 4 aromatic rings. The summed E-state index contributed by atoms with van der Waals surface area (Å²) >= 11 is 0.617. The Hall–Kier alpha value is -3.27. The van der Waals surface area contributed by atoms with Gasteiger partial charge in [0.1, 0.15) is 0 Å². The van der Waals surface area contributed by atoms with E-state index in [1.807, 2.05) is 30.3 Å². The predicted molar refractivity (Wildman–Crippen MR) is 94.8 cm³/mol. The molecular weight excluding hydrogens is 376 g/mol. The summed E-state index contributed by atoms with van der Waals surface area (Å²) in [7, 11) is 0. The van der Waals surface area contributed by atoms with Gasteiger partial charge in [0.15, 0.2) is 5.01 Å². The molecule has 4 rings (SSSR count). The van der Waals surface area contributed by atoms with Gasteiger partial charge < -0.3 is 4.52 Å². The van der Waals surface area contributed by atoms with Crippen LogP contribution in [0.2, 0.25) is 0 Å². The van der Waals surface area contributed by atoms with Gasteiger partial charge in [0.05, 0.1) is 22.3 Å². The normalized spacial score (nSPS) is 11.3. The number of rotatable bonds is 4. The lowest BCUT2D eigenvalue weighted by molar-refractivity contribution is 0.102. The highest BCUT2D eigenvalue weighted by Gasteiger charge is 2.21. The first-order valence-corrected chi connectivity index (χ1v) is 8.60. The fourth-order valence-electron chi connectivity index (χ4n) is 2.57. The number of benzene rings is 1. The van der Waals surface area contributed by atoms with E-state index >= 15 is 0 Å². The first kappa shape index (κ1) is 17.2. The summed E-state index contributed by atoms with van der Waals surface area (Å²) in [6.07, 6.45) is -2.74. The van der Waals surface area contributed by atoms with Crippen molar-refractivity contribution < 1.29 is 18.1 Å². The number of amides is 1. The van der Waals surface area contributed by atoms with Crippen molar-refractivity contribution in [1.82, 2.24) is 20.3 Å². The van der Waals surface area contributed by atoms with Gasteiger partial charge in [0.25, 0.3) is 18.0 Å². The van der Waals surface area contributed by atoms with Gasteiger partial charge in [0, 0.05) is 5.56 Å². The van der Waals surface area contributed by atoms with E-state index in [4.69, 9.17) is 4.52 Å². The number of carbonyl (C=O) groups is 1. The summed E-state index contributed by atoms with van der Waals surface area (Å²) in [5.41, 5.74) is 2.28. The molecule has 1 N–H and O–H groups in total. The molecule has 0 bridgehead atoms. The second-order valence-corrected chi connectivity index (χ2v) is 6.58. The smallest absolute Gasteiger partial charge is 0.291 e. The molecule has 0 saturated heterocycles. The number of fused-ring (bicyclic) bond motifs is 1. The Morgan fingerprint density at radius 2 is 2.00 bits per heavy atom. The van der Waals surface area contributed by atoms with Gasteiger partial charge >= 0.3 is 0 Å². The van der Waals surface area contributed by atoms with Crippen LogP contribution in [0.25, 0.3) is 22.4 Å². The first-order chi connectivity index (χ1) is 13.0.